The third-order valence-electron chi connectivity index (χ3n) is 3.27. The summed E-state index contributed by atoms with van der Waals surface area (Å²) in [5.74, 6) is -0.483. The number of hydrogen-bond donors (Lipinski definition) is 2. The van der Waals surface area contributed by atoms with E-state index in [9.17, 15) is 14.9 Å². The number of carbonyl (C=O) groups is 1. The van der Waals surface area contributed by atoms with Gasteiger partial charge >= 0.3 is 5.97 Å². The van der Waals surface area contributed by atoms with Crippen LogP contribution in [0.25, 0.3) is 0 Å². The van der Waals surface area contributed by atoms with Gasteiger partial charge in [-0.1, -0.05) is 12.1 Å². The molecule has 1 aromatic carbocycles. The van der Waals surface area contributed by atoms with Crippen molar-refractivity contribution in [3.8, 4) is 0 Å². The molecule has 1 aliphatic heterocycles. The predicted octanol–water partition coefficient (Wildman–Crippen LogP) is 1.70. The van der Waals surface area contributed by atoms with Crippen LogP contribution in [0.3, 0.4) is 0 Å². The Balaban J connectivity index is 2.06. The van der Waals surface area contributed by atoms with Crippen molar-refractivity contribution < 1.29 is 14.5 Å². The van der Waals surface area contributed by atoms with Gasteiger partial charge in [0.25, 0.3) is 5.69 Å². The Morgan fingerprint density at radius 1 is 1.45 bits per heavy atom. The molecular weight excluding hydrogens is 306 g/mol. The van der Waals surface area contributed by atoms with E-state index in [1.807, 2.05) is 0 Å². The summed E-state index contributed by atoms with van der Waals surface area (Å²) in [6, 6.07) is 4.74. The highest BCUT2D eigenvalue weighted by molar-refractivity contribution is 7.80. The van der Waals surface area contributed by atoms with E-state index in [0.29, 0.717) is 34.1 Å². The SMILES string of the molecule is CC1=C(C(=O)OCc2ccc(C)c([N+](=O)[O-])c2)CNC(=S)N1. The molecule has 0 unspecified atom stereocenters. The molecule has 2 N–H and O–H groups in total. The van der Waals surface area contributed by atoms with Crippen LogP contribution in [0.2, 0.25) is 0 Å². The van der Waals surface area contributed by atoms with Gasteiger partial charge in [0, 0.05) is 17.3 Å². The molecule has 0 bridgehead atoms. The van der Waals surface area contributed by atoms with Gasteiger partial charge in [-0.15, -0.1) is 0 Å². The van der Waals surface area contributed by atoms with Crippen LogP contribution in [0.4, 0.5) is 5.69 Å². The smallest absolute Gasteiger partial charge is 0.337 e. The lowest BCUT2D eigenvalue weighted by Gasteiger charge is -2.20. The molecule has 1 heterocycles. The second-order valence-electron chi connectivity index (χ2n) is 4.87. The highest BCUT2D eigenvalue weighted by Crippen LogP contribution is 2.20. The zero-order chi connectivity index (χ0) is 16.3. The molecule has 2 rings (SSSR count). The summed E-state index contributed by atoms with van der Waals surface area (Å²) in [7, 11) is 0. The lowest BCUT2D eigenvalue weighted by Crippen LogP contribution is -2.42. The summed E-state index contributed by atoms with van der Waals surface area (Å²) >= 11 is 4.94. The molecular formula is C14H15N3O4S. The standard InChI is InChI=1S/C14H15N3O4S/c1-8-3-4-10(5-12(8)17(19)20)7-21-13(18)11-6-15-14(22)16-9(11)2/h3-5H,6-7H2,1-2H3,(H2,15,16,22). The first-order valence-electron chi connectivity index (χ1n) is 6.54. The highest BCUT2D eigenvalue weighted by atomic mass is 32.1. The molecule has 1 aliphatic rings. The fourth-order valence-corrected chi connectivity index (χ4v) is 2.22. The minimum atomic E-state index is -0.483. The van der Waals surface area contributed by atoms with Crippen LogP contribution >= 0.6 is 12.2 Å². The summed E-state index contributed by atoms with van der Waals surface area (Å²) in [4.78, 5) is 22.5. The Kier molecular flexibility index (Phi) is 4.71. The first kappa shape index (κ1) is 15.9. The van der Waals surface area contributed by atoms with Crippen LogP contribution < -0.4 is 10.6 Å². The van der Waals surface area contributed by atoms with Crippen LogP contribution in [0, 0.1) is 17.0 Å². The maximum atomic E-state index is 12.0. The number of carbonyl (C=O) groups excluding carboxylic acids is 1. The monoisotopic (exact) mass is 321 g/mol. The van der Waals surface area contributed by atoms with E-state index in [4.69, 9.17) is 17.0 Å². The molecule has 0 fully saturated rings. The van der Waals surface area contributed by atoms with Gasteiger partial charge in [-0.2, -0.15) is 0 Å². The van der Waals surface area contributed by atoms with Crippen molar-refractivity contribution in [3.63, 3.8) is 0 Å². The number of nitro benzene ring substituents is 1. The largest absolute Gasteiger partial charge is 0.457 e. The van der Waals surface area contributed by atoms with Crippen LogP contribution in [0.5, 0.6) is 0 Å². The van der Waals surface area contributed by atoms with Crippen molar-refractivity contribution in [3.05, 3.63) is 50.7 Å². The predicted molar refractivity (Wildman–Crippen MR) is 84.1 cm³/mol. The third-order valence-corrected chi connectivity index (χ3v) is 3.51. The molecule has 0 radical (unpaired) electrons. The van der Waals surface area contributed by atoms with Crippen molar-refractivity contribution in [1.29, 1.82) is 0 Å². The Labute approximate surface area is 132 Å². The molecule has 22 heavy (non-hydrogen) atoms. The fraction of sp³-hybridized carbons (Fsp3) is 0.286. The van der Waals surface area contributed by atoms with E-state index in [1.54, 1.807) is 26.0 Å². The molecule has 7 nitrogen and oxygen atoms in total. The molecule has 116 valence electrons. The van der Waals surface area contributed by atoms with E-state index < -0.39 is 10.9 Å². The molecule has 0 spiro atoms. The zero-order valence-electron chi connectivity index (χ0n) is 12.1. The van der Waals surface area contributed by atoms with E-state index in [2.05, 4.69) is 10.6 Å². The number of nitrogens with zero attached hydrogens (tertiary/aromatic N) is 1. The third kappa shape index (κ3) is 3.59. The maximum absolute atomic E-state index is 12.0. The van der Waals surface area contributed by atoms with Crippen LogP contribution in [0.1, 0.15) is 18.1 Å². The Morgan fingerprint density at radius 3 is 2.82 bits per heavy atom. The molecule has 0 amide bonds. The average Bonchev–Trinajstić information content (AvgIpc) is 2.45. The van der Waals surface area contributed by atoms with Gasteiger partial charge in [0.15, 0.2) is 5.11 Å². The summed E-state index contributed by atoms with van der Waals surface area (Å²) in [6.45, 7) is 3.66. The van der Waals surface area contributed by atoms with Gasteiger partial charge in [0.1, 0.15) is 6.61 Å². The van der Waals surface area contributed by atoms with Gasteiger partial charge < -0.3 is 15.4 Å². The lowest BCUT2D eigenvalue weighted by atomic mass is 10.1. The number of aryl methyl sites for hydroxylation is 1. The van der Waals surface area contributed by atoms with Crippen molar-refractivity contribution in [2.75, 3.05) is 6.54 Å². The number of thiocarbonyl (C=S) groups is 1. The van der Waals surface area contributed by atoms with E-state index >= 15 is 0 Å². The van der Waals surface area contributed by atoms with Crippen molar-refractivity contribution >= 4 is 29.0 Å². The Hall–Kier alpha value is -2.48. The van der Waals surface area contributed by atoms with Crippen molar-refractivity contribution in [2.45, 2.75) is 20.5 Å². The molecule has 0 atom stereocenters. The molecule has 1 aromatic rings. The van der Waals surface area contributed by atoms with Crippen LogP contribution in [-0.4, -0.2) is 22.5 Å². The number of ether oxygens (including phenoxy) is 1. The van der Waals surface area contributed by atoms with Crippen LogP contribution in [0.15, 0.2) is 29.5 Å². The van der Waals surface area contributed by atoms with Gasteiger partial charge in [-0.3, -0.25) is 10.1 Å². The number of esters is 1. The van der Waals surface area contributed by atoms with Gasteiger partial charge in [0.05, 0.1) is 17.0 Å². The maximum Gasteiger partial charge on any atom is 0.337 e. The van der Waals surface area contributed by atoms with Crippen LogP contribution in [-0.2, 0) is 16.1 Å². The van der Waals surface area contributed by atoms with Crippen molar-refractivity contribution in [1.82, 2.24) is 10.6 Å². The molecule has 0 saturated heterocycles. The van der Waals surface area contributed by atoms with E-state index in [1.165, 1.54) is 6.07 Å². The molecule has 0 aliphatic carbocycles. The highest BCUT2D eigenvalue weighted by Gasteiger charge is 2.20. The Morgan fingerprint density at radius 2 is 2.18 bits per heavy atom. The number of hydrogen-bond acceptors (Lipinski definition) is 5. The number of rotatable bonds is 4. The van der Waals surface area contributed by atoms with Gasteiger partial charge in [-0.05, 0) is 31.6 Å². The Bertz CT molecular complexity index is 685. The molecule has 0 saturated carbocycles. The number of nitro groups is 1. The van der Waals surface area contributed by atoms with E-state index in [-0.39, 0.29) is 12.3 Å². The molecule has 0 aromatic heterocycles. The number of nitrogens with one attached hydrogen (secondary N) is 2. The second-order valence-corrected chi connectivity index (χ2v) is 5.27. The first-order chi connectivity index (χ1) is 10.4. The lowest BCUT2D eigenvalue weighted by molar-refractivity contribution is -0.385. The summed E-state index contributed by atoms with van der Waals surface area (Å²) < 4.78 is 5.21. The quantitative estimate of drug-likeness (QED) is 0.377. The zero-order valence-corrected chi connectivity index (χ0v) is 13.0. The van der Waals surface area contributed by atoms with Gasteiger partial charge in [0.2, 0.25) is 0 Å². The summed E-state index contributed by atoms with van der Waals surface area (Å²) in [5.41, 5.74) is 2.23. The fourth-order valence-electron chi connectivity index (χ4n) is 1.99. The summed E-state index contributed by atoms with van der Waals surface area (Å²) in [6.07, 6.45) is 0. The number of benzene rings is 1. The minimum absolute atomic E-state index is 0.00953. The second kappa shape index (κ2) is 6.52. The first-order valence-corrected chi connectivity index (χ1v) is 6.95. The minimum Gasteiger partial charge on any atom is -0.457 e. The summed E-state index contributed by atoms with van der Waals surface area (Å²) in [5, 5.41) is 17.1. The topological polar surface area (TPSA) is 93.5 Å². The van der Waals surface area contributed by atoms with E-state index in [0.717, 1.165) is 0 Å². The molecule has 8 heteroatoms. The normalized spacial score (nSPS) is 14.2. The average molecular weight is 321 g/mol. The number of allylic oxidation sites excluding steroid dienone is 1. The van der Waals surface area contributed by atoms with Crippen molar-refractivity contribution in [2.24, 2.45) is 0 Å². The van der Waals surface area contributed by atoms with Gasteiger partial charge in [-0.25, -0.2) is 4.79 Å².